The summed E-state index contributed by atoms with van der Waals surface area (Å²) in [5.74, 6) is -0.696. The zero-order chi connectivity index (χ0) is 29.9. The molecule has 0 saturated heterocycles. The van der Waals surface area contributed by atoms with E-state index < -0.39 is 0 Å². The second-order valence-electron chi connectivity index (χ2n) is 10.3. The van der Waals surface area contributed by atoms with Gasteiger partial charge in [-0.2, -0.15) is 0 Å². The van der Waals surface area contributed by atoms with E-state index in [2.05, 4.69) is 54.3 Å². The second kappa shape index (κ2) is 11.9. The van der Waals surface area contributed by atoms with Crippen LogP contribution in [-0.2, 0) is 38.7 Å². The van der Waals surface area contributed by atoms with E-state index in [1.165, 1.54) is 13.8 Å². The van der Waals surface area contributed by atoms with Gasteiger partial charge in [0.2, 0.25) is 0 Å². The van der Waals surface area contributed by atoms with Crippen LogP contribution in [0.4, 0.5) is 17.1 Å². The number of aryl methyl sites for hydroxylation is 1. The van der Waals surface area contributed by atoms with Crippen molar-refractivity contribution in [1.29, 1.82) is 0 Å². The van der Waals surface area contributed by atoms with Gasteiger partial charge in [-0.15, -0.1) is 0 Å². The van der Waals surface area contributed by atoms with Gasteiger partial charge >= 0.3 is 11.9 Å². The van der Waals surface area contributed by atoms with Crippen LogP contribution in [0, 0.1) is 0 Å². The molecule has 3 aromatic heterocycles. The van der Waals surface area contributed by atoms with Crippen LogP contribution in [-0.4, -0.2) is 26.9 Å². The minimum Gasteiger partial charge on any atom is -0.459 e. The molecule has 0 saturated carbocycles. The van der Waals surface area contributed by atoms with Crippen molar-refractivity contribution in [3.8, 4) is 0 Å². The Kier molecular flexibility index (Phi) is 7.66. The lowest BCUT2D eigenvalue weighted by Crippen LogP contribution is -2.10. The molecule has 0 spiro atoms. The van der Waals surface area contributed by atoms with Crippen LogP contribution in [0.15, 0.2) is 91.0 Å². The van der Waals surface area contributed by atoms with Gasteiger partial charge in [-0.1, -0.05) is 43.3 Å². The summed E-state index contributed by atoms with van der Waals surface area (Å²) in [4.78, 5) is 39.3. The molecule has 0 unspecified atom stereocenters. The number of esters is 2. The Morgan fingerprint density at radius 3 is 1.28 bits per heavy atom. The Bertz CT molecular complexity index is 1900. The normalized spacial score (nSPS) is 11.1. The summed E-state index contributed by atoms with van der Waals surface area (Å²) in [6.45, 7) is 5.09. The Morgan fingerprint density at radius 1 is 0.558 bits per heavy atom. The Balaban J connectivity index is 1.49. The third-order valence-electron chi connectivity index (χ3n) is 7.18. The van der Waals surface area contributed by atoms with E-state index in [1.54, 1.807) is 0 Å². The molecule has 214 valence electrons. The van der Waals surface area contributed by atoms with E-state index in [4.69, 9.17) is 24.4 Å². The number of fused-ring (bicyclic) bond motifs is 3. The lowest BCUT2D eigenvalue weighted by molar-refractivity contribution is -0.143. The van der Waals surface area contributed by atoms with Gasteiger partial charge in [-0.3, -0.25) is 14.6 Å². The topological polar surface area (TPSA) is 94.5 Å². The number of anilines is 3. The van der Waals surface area contributed by atoms with E-state index in [-0.39, 0.29) is 25.2 Å². The molecule has 3 heterocycles. The number of carbonyl (C=O) groups is 2. The van der Waals surface area contributed by atoms with Crippen molar-refractivity contribution in [3.05, 3.63) is 108 Å². The summed E-state index contributed by atoms with van der Waals surface area (Å²) >= 11 is 0. The Morgan fingerprint density at radius 2 is 0.907 bits per heavy atom. The first-order chi connectivity index (χ1) is 20.9. The number of aromatic nitrogens is 3. The van der Waals surface area contributed by atoms with Gasteiger partial charge in [0, 0.05) is 52.8 Å². The first kappa shape index (κ1) is 27.8. The molecule has 6 aromatic rings. The third-order valence-corrected chi connectivity index (χ3v) is 7.18. The van der Waals surface area contributed by atoms with E-state index in [1.807, 2.05) is 48.5 Å². The highest BCUT2D eigenvalue weighted by atomic mass is 16.5. The summed E-state index contributed by atoms with van der Waals surface area (Å²) in [5.41, 5.74) is 7.56. The van der Waals surface area contributed by atoms with Crippen LogP contribution in [0.25, 0.3) is 32.7 Å². The fourth-order valence-electron chi connectivity index (χ4n) is 5.02. The van der Waals surface area contributed by atoms with Crippen LogP contribution < -0.4 is 4.90 Å². The average molecular weight is 571 g/mol. The Labute approximate surface area is 248 Å². The number of pyridine rings is 3. The molecule has 0 amide bonds. The van der Waals surface area contributed by atoms with Crippen molar-refractivity contribution in [2.24, 2.45) is 0 Å². The van der Waals surface area contributed by atoms with Gasteiger partial charge in [0.1, 0.15) is 13.2 Å². The smallest absolute Gasteiger partial charge is 0.303 e. The molecule has 0 atom stereocenters. The zero-order valence-electron chi connectivity index (χ0n) is 24.2. The van der Waals surface area contributed by atoms with E-state index in [9.17, 15) is 9.59 Å². The van der Waals surface area contributed by atoms with Crippen molar-refractivity contribution in [1.82, 2.24) is 15.0 Å². The van der Waals surface area contributed by atoms with Gasteiger partial charge in [-0.05, 0) is 61.0 Å². The maximum absolute atomic E-state index is 11.4. The molecule has 6 rings (SSSR count). The number of hydrogen-bond donors (Lipinski definition) is 0. The lowest BCUT2D eigenvalue weighted by Gasteiger charge is -2.26. The monoisotopic (exact) mass is 570 g/mol. The minimum absolute atomic E-state index is 0.112. The second-order valence-corrected chi connectivity index (χ2v) is 10.3. The average Bonchev–Trinajstić information content (AvgIpc) is 3.02. The number of ether oxygens (including phenoxy) is 2. The highest BCUT2D eigenvalue weighted by Gasteiger charge is 2.16. The molecule has 0 radical (unpaired) electrons. The van der Waals surface area contributed by atoms with Crippen LogP contribution in [0.5, 0.6) is 0 Å². The van der Waals surface area contributed by atoms with E-state index in [0.717, 1.165) is 61.9 Å². The molecule has 8 heteroatoms. The molecule has 0 aliphatic heterocycles. The molecule has 0 aliphatic carbocycles. The molecule has 3 aromatic carbocycles. The lowest BCUT2D eigenvalue weighted by atomic mass is 10.1. The van der Waals surface area contributed by atoms with Gasteiger partial charge in [-0.25, -0.2) is 9.97 Å². The first-order valence-electron chi connectivity index (χ1n) is 14.1. The molecule has 0 bridgehead atoms. The summed E-state index contributed by atoms with van der Waals surface area (Å²) in [5, 5.41) is 3.00. The summed E-state index contributed by atoms with van der Waals surface area (Å²) < 4.78 is 10.4. The van der Waals surface area contributed by atoms with Crippen molar-refractivity contribution >= 4 is 61.7 Å². The fraction of sp³-hybridized carbons (Fsp3) is 0.171. The zero-order valence-corrected chi connectivity index (χ0v) is 24.2. The third kappa shape index (κ3) is 6.13. The number of carbonyl (C=O) groups excluding carboxylic acids is 2. The standard InChI is InChI=1S/C35H30N4O4/c1-4-27-11-5-24-8-14-30(17-33(24)36-27)39(31-15-9-25-6-12-28(20-42-22(2)40)37-34(25)18-31)32-16-10-26-7-13-29(21-43-23(3)41)38-35(26)19-32/h5-19H,4,20-21H2,1-3H3. The maximum atomic E-state index is 11.4. The molecular formula is C35H30N4O4. The van der Waals surface area contributed by atoms with Gasteiger partial charge < -0.3 is 14.4 Å². The van der Waals surface area contributed by atoms with Gasteiger partial charge in [0.15, 0.2) is 0 Å². The number of nitrogens with zero attached hydrogens (tertiary/aromatic N) is 4. The largest absolute Gasteiger partial charge is 0.459 e. The van der Waals surface area contributed by atoms with E-state index in [0.29, 0.717) is 11.4 Å². The van der Waals surface area contributed by atoms with Gasteiger partial charge in [0.25, 0.3) is 0 Å². The summed E-state index contributed by atoms with van der Waals surface area (Å²) in [6, 6.07) is 30.4. The van der Waals surface area contributed by atoms with Crippen molar-refractivity contribution in [2.45, 2.75) is 40.4 Å². The van der Waals surface area contributed by atoms with Gasteiger partial charge in [0.05, 0.1) is 27.9 Å². The fourth-order valence-corrected chi connectivity index (χ4v) is 5.02. The number of benzene rings is 3. The molecular weight excluding hydrogens is 540 g/mol. The van der Waals surface area contributed by atoms with E-state index >= 15 is 0 Å². The molecule has 0 N–H and O–H groups in total. The minimum atomic E-state index is -0.348. The quantitative estimate of drug-likeness (QED) is 0.174. The SMILES string of the molecule is CCc1ccc2ccc(N(c3ccc4ccc(COC(C)=O)nc4c3)c3ccc4ccc(COC(C)=O)nc4c3)cc2n1. The highest BCUT2D eigenvalue weighted by molar-refractivity contribution is 5.92. The molecule has 43 heavy (non-hydrogen) atoms. The highest BCUT2D eigenvalue weighted by Crippen LogP contribution is 2.38. The van der Waals surface area contributed by atoms with Crippen molar-refractivity contribution in [2.75, 3.05) is 4.90 Å². The Hall–Kier alpha value is -5.37. The van der Waals surface area contributed by atoms with Crippen LogP contribution in [0.2, 0.25) is 0 Å². The predicted octanol–water partition coefficient (Wildman–Crippen LogP) is 7.49. The molecule has 0 fully saturated rings. The summed E-state index contributed by atoms with van der Waals surface area (Å²) in [7, 11) is 0. The molecule has 0 aliphatic rings. The van der Waals surface area contributed by atoms with Crippen LogP contribution >= 0.6 is 0 Å². The van der Waals surface area contributed by atoms with Crippen molar-refractivity contribution < 1.29 is 19.1 Å². The van der Waals surface area contributed by atoms with Crippen LogP contribution in [0.3, 0.4) is 0 Å². The first-order valence-corrected chi connectivity index (χ1v) is 14.1. The predicted molar refractivity (Wildman–Crippen MR) is 167 cm³/mol. The molecule has 8 nitrogen and oxygen atoms in total. The van der Waals surface area contributed by atoms with Crippen molar-refractivity contribution in [3.63, 3.8) is 0 Å². The van der Waals surface area contributed by atoms with Crippen LogP contribution in [0.1, 0.15) is 37.9 Å². The maximum Gasteiger partial charge on any atom is 0.303 e. The number of rotatable bonds is 8. The number of hydrogen-bond acceptors (Lipinski definition) is 8. The summed E-state index contributed by atoms with van der Waals surface area (Å²) in [6.07, 6.45) is 0.849.